The van der Waals surface area contributed by atoms with Crippen LogP contribution < -0.4 is 15.5 Å². The number of hydrogen-bond acceptors (Lipinski definition) is 6. The lowest BCUT2D eigenvalue weighted by Crippen LogP contribution is -2.52. The van der Waals surface area contributed by atoms with Crippen LogP contribution in [0.25, 0.3) is 0 Å². The summed E-state index contributed by atoms with van der Waals surface area (Å²) in [6, 6.07) is 8.85. The maximum absolute atomic E-state index is 13.0. The third kappa shape index (κ3) is 4.63. The first-order chi connectivity index (χ1) is 17.3. The Bertz CT molecular complexity index is 1250. The molecule has 2 saturated heterocycles. The van der Waals surface area contributed by atoms with E-state index in [1.54, 1.807) is 35.2 Å². The molecule has 180 valence electrons. The van der Waals surface area contributed by atoms with E-state index in [9.17, 15) is 19.2 Å². The van der Waals surface area contributed by atoms with Crippen LogP contribution in [0, 0.1) is 0 Å². The number of benzene rings is 2. The van der Waals surface area contributed by atoms with Gasteiger partial charge in [-0.05, 0) is 29.7 Å². The number of imide groups is 1. The van der Waals surface area contributed by atoms with Crippen LogP contribution in [0.15, 0.2) is 36.4 Å². The molecule has 4 radical (unpaired) electrons. The van der Waals surface area contributed by atoms with Gasteiger partial charge in [0.15, 0.2) is 0 Å². The SMILES string of the molecule is [B]c1cc(CN2CCOCC2=O)ccc1C([B])Oc1cccc2c1CN(C1CCC(=O)NC1=O)C2=O. The van der Waals surface area contributed by atoms with Gasteiger partial charge in [-0.15, -0.1) is 0 Å². The number of fused-ring (bicyclic) bond motifs is 1. The molecule has 0 bridgehead atoms. The van der Waals surface area contributed by atoms with Gasteiger partial charge in [0.2, 0.25) is 17.7 Å². The number of nitrogens with zero attached hydrogens (tertiary/aromatic N) is 2. The second kappa shape index (κ2) is 9.81. The van der Waals surface area contributed by atoms with Crippen LogP contribution in [0.1, 0.15) is 45.9 Å². The Morgan fingerprint density at radius 1 is 1.17 bits per heavy atom. The van der Waals surface area contributed by atoms with Gasteiger partial charge in [-0.25, -0.2) is 0 Å². The highest BCUT2D eigenvalue weighted by molar-refractivity contribution is 6.34. The number of hydrogen-bond donors (Lipinski definition) is 1. The number of amides is 4. The number of ether oxygens (including phenoxy) is 2. The molecule has 36 heavy (non-hydrogen) atoms. The standard InChI is InChI=1S/C25H23B2N3O6/c26-18-10-14(11-29-8-9-35-13-22(29)32)4-5-16(18)23(27)36-20-3-1-2-15-17(20)12-30(25(15)34)19-6-7-21(31)28-24(19)33/h1-5,10,19,23H,6-9,11-13H2,(H,28,31,33). The molecule has 4 amide bonds. The second-order valence-corrected chi connectivity index (χ2v) is 9.05. The van der Waals surface area contributed by atoms with E-state index in [2.05, 4.69) is 5.32 Å². The fourth-order valence-corrected chi connectivity index (χ4v) is 4.79. The Kier molecular flexibility index (Phi) is 6.57. The van der Waals surface area contributed by atoms with Crippen LogP contribution in [-0.4, -0.2) is 74.9 Å². The van der Waals surface area contributed by atoms with Crippen molar-refractivity contribution in [2.45, 2.75) is 38.0 Å². The van der Waals surface area contributed by atoms with Gasteiger partial charge >= 0.3 is 0 Å². The topological polar surface area (TPSA) is 105 Å². The summed E-state index contributed by atoms with van der Waals surface area (Å²) in [5, 5.41) is 2.30. The molecule has 2 aromatic rings. The summed E-state index contributed by atoms with van der Waals surface area (Å²) >= 11 is 0. The van der Waals surface area contributed by atoms with Crippen molar-refractivity contribution in [3.05, 3.63) is 58.7 Å². The fraction of sp³-hybridized carbons (Fsp3) is 0.360. The minimum atomic E-state index is -0.907. The molecule has 3 heterocycles. The van der Waals surface area contributed by atoms with E-state index in [4.69, 9.17) is 25.2 Å². The maximum atomic E-state index is 13.0. The molecule has 2 unspecified atom stereocenters. The smallest absolute Gasteiger partial charge is 0.255 e. The summed E-state index contributed by atoms with van der Waals surface area (Å²) in [4.78, 5) is 52.0. The van der Waals surface area contributed by atoms with E-state index in [0.717, 1.165) is 5.56 Å². The number of nitrogens with one attached hydrogen (secondary N) is 1. The highest BCUT2D eigenvalue weighted by Crippen LogP contribution is 2.35. The largest absolute Gasteiger partial charge is 0.496 e. The van der Waals surface area contributed by atoms with E-state index in [0.29, 0.717) is 47.6 Å². The first kappa shape index (κ1) is 24.1. The van der Waals surface area contributed by atoms with E-state index < -0.39 is 18.0 Å². The molecule has 2 aromatic carbocycles. The fourth-order valence-electron chi connectivity index (χ4n) is 4.79. The van der Waals surface area contributed by atoms with Crippen molar-refractivity contribution in [2.75, 3.05) is 19.8 Å². The zero-order valence-corrected chi connectivity index (χ0v) is 19.6. The molecular formula is C25H23B2N3O6. The Labute approximate surface area is 210 Å². The van der Waals surface area contributed by atoms with Crippen molar-refractivity contribution < 1.29 is 28.7 Å². The summed E-state index contributed by atoms with van der Waals surface area (Å²) < 4.78 is 11.2. The highest BCUT2D eigenvalue weighted by Gasteiger charge is 2.40. The van der Waals surface area contributed by atoms with Crippen LogP contribution >= 0.6 is 0 Å². The summed E-state index contributed by atoms with van der Waals surface area (Å²) in [5.74, 6) is -0.748. The van der Waals surface area contributed by atoms with E-state index in [1.807, 2.05) is 6.07 Å². The lowest BCUT2D eigenvalue weighted by molar-refractivity contribution is -0.143. The normalized spacial score (nSPS) is 20.8. The van der Waals surface area contributed by atoms with Crippen molar-refractivity contribution in [1.82, 2.24) is 15.1 Å². The van der Waals surface area contributed by atoms with Crippen molar-refractivity contribution in [2.24, 2.45) is 0 Å². The van der Waals surface area contributed by atoms with Gasteiger partial charge in [0.05, 0.1) is 19.2 Å². The van der Waals surface area contributed by atoms with E-state index in [-0.39, 0.29) is 43.7 Å². The van der Waals surface area contributed by atoms with Crippen molar-refractivity contribution in [3.8, 4) is 5.75 Å². The molecule has 2 fully saturated rings. The first-order valence-electron chi connectivity index (χ1n) is 11.7. The van der Waals surface area contributed by atoms with Crippen LogP contribution in [0.4, 0.5) is 0 Å². The van der Waals surface area contributed by atoms with Crippen LogP contribution in [-0.2, 0) is 32.2 Å². The third-order valence-electron chi connectivity index (χ3n) is 6.71. The number of carbonyl (C=O) groups is 4. The molecule has 1 N–H and O–H groups in total. The molecule has 11 heteroatoms. The molecule has 3 aliphatic heterocycles. The lowest BCUT2D eigenvalue weighted by Gasteiger charge is -2.29. The molecule has 9 nitrogen and oxygen atoms in total. The van der Waals surface area contributed by atoms with Gasteiger partial charge in [0.1, 0.15) is 34.1 Å². The maximum Gasteiger partial charge on any atom is 0.255 e. The minimum absolute atomic E-state index is 0.0669. The van der Waals surface area contributed by atoms with Gasteiger partial charge < -0.3 is 19.3 Å². The molecule has 0 saturated carbocycles. The second-order valence-electron chi connectivity index (χ2n) is 9.05. The summed E-state index contributed by atoms with van der Waals surface area (Å²) in [6.45, 7) is 1.70. The predicted molar refractivity (Wildman–Crippen MR) is 130 cm³/mol. The van der Waals surface area contributed by atoms with Gasteiger partial charge in [-0.3, -0.25) is 24.5 Å². The first-order valence-corrected chi connectivity index (χ1v) is 11.7. The quantitative estimate of drug-likeness (QED) is 0.453. The Morgan fingerprint density at radius 3 is 2.75 bits per heavy atom. The average Bonchev–Trinajstić information content (AvgIpc) is 3.18. The van der Waals surface area contributed by atoms with Gasteiger partial charge in [0, 0.05) is 30.6 Å². The molecule has 2 atom stereocenters. The van der Waals surface area contributed by atoms with Gasteiger partial charge in [-0.2, -0.15) is 0 Å². The molecule has 0 spiro atoms. The summed E-state index contributed by atoms with van der Waals surface area (Å²) in [6.07, 6.45) is 0.457. The Hall–Kier alpha value is -3.59. The third-order valence-corrected chi connectivity index (χ3v) is 6.71. The monoisotopic (exact) mass is 483 g/mol. The zero-order chi connectivity index (χ0) is 25.4. The molecule has 0 aromatic heterocycles. The van der Waals surface area contributed by atoms with Gasteiger partial charge in [-0.1, -0.05) is 29.7 Å². The zero-order valence-electron chi connectivity index (χ0n) is 19.6. The highest BCUT2D eigenvalue weighted by atomic mass is 16.5. The Balaban J connectivity index is 1.30. The predicted octanol–water partition coefficient (Wildman–Crippen LogP) is -0.154. The van der Waals surface area contributed by atoms with E-state index >= 15 is 0 Å². The molecule has 5 rings (SSSR count). The van der Waals surface area contributed by atoms with Crippen molar-refractivity contribution in [3.63, 3.8) is 0 Å². The number of carbonyl (C=O) groups excluding carboxylic acids is 4. The molecule has 3 aliphatic rings. The lowest BCUT2D eigenvalue weighted by atomic mass is 9.80. The minimum Gasteiger partial charge on any atom is -0.496 e. The Morgan fingerprint density at radius 2 is 2.00 bits per heavy atom. The van der Waals surface area contributed by atoms with Gasteiger partial charge in [0.25, 0.3) is 5.91 Å². The van der Waals surface area contributed by atoms with Crippen molar-refractivity contribution in [1.29, 1.82) is 0 Å². The average molecular weight is 483 g/mol. The summed E-state index contributed by atoms with van der Waals surface area (Å²) in [7, 11) is 12.6. The molecular weight excluding hydrogens is 460 g/mol. The number of morpholine rings is 1. The number of piperidine rings is 1. The molecule has 0 aliphatic carbocycles. The summed E-state index contributed by atoms with van der Waals surface area (Å²) in [5.41, 5.74) is 2.92. The number of rotatable bonds is 6. The van der Waals surface area contributed by atoms with Crippen LogP contribution in [0.5, 0.6) is 5.75 Å². The van der Waals surface area contributed by atoms with Crippen LogP contribution in [0.2, 0.25) is 0 Å². The van der Waals surface area contributed by atoms with Crippen molar-refractivity contribution >= 4 is 44.8 Å². The van der Waals surface area contributed by atoms with E-state index in [1.165, 1.54) is 4.90 Å². The van der Waals surface area contributed by atoms with Crippen LogP contribution in [0.3, 0.4) is 0 Å².